The molecule has 0 aliphatic rings. The van der Waals surface area contributed by atoms with Gasteiger partial charge in [0.2, 0.25) is 0 Å². The number of rotatable bonds is 0. The Hall–Kier alpha value is -1.01. The van der Waals surface area contributed by atoms with Gasteiger partial charge < -0.3 is 0 Å². The summed E-state index contributed by atoms with van der Waals surface area (Å²) in [5.41, 5.74) is 6.01. The number of nitrogens with two attached hydrogens (primary N) is 2. The van der Waals surface area contributed by atoms with Gasteiger partial charge in [0, 0.05) is 0 Å². The van der Waals surface area contributed by atoms with E-state index < -0.39 is 6.03 Å². The van der Waals surface area contributed by atoms with E-state index >= 15 is 0 Å². The van der Waals surface area contributed by atoms with E-state index in [2.05, 4.69) is 16.8 Å². The number of hydrogen-bond acceptors (Lipinski definition) is 4. The quantitative estimate of drug-likeness (QED) is 0.161. The van der Waals surface area contributed by atoms with E-state index in [1.54, 1.807) is 0 Å². The van der Waals surface area contributed by atoms with E-state index in [4.69, 9.17) is 5.53 Å². The first-order chi connectivity index (χ1) is 3.18. The summed E-state index contributed by atoms with van der Waals surface area (Å²) < 4.78 is 0. The molecule has 0 aromatic rings. The van der Waals surface area contributed by atoms with Crippen molar-refractivity contribution < 1.29 is 4.79 Å². The third kappa shape index (κ3) is 1.79. The second kappa shape index (κ2) is 2.21. The minimum Gasteiger partial charge on any atom is -0.241 e. The lowest BCUT2D eigenvalue weighted by Gasteiger charge is -2.00. The van der Waals surface area contributed by atoms with Gasteiger partial charge in [0.05, 0.1) is 0 Å². The van der Waals surface area contributed by atoms with Gasteiger partial charge in [-0.2, -0.15) is 10.6 Å². The van der Waals surface area contributed by atoms with Crippen LogP contribution in [0.15, 0.2) is 5.11 Å². The Morgan fingerprint density at radius 1 is 1.71 bits per heavy atom. The maximum absolute atomic E-state index is 9.83. The minimum atomic E-state index is -0.972. The molecule has 0 radical (unpaired) electrons. The molecule has 6 heteroatoms. The van der Waals surface area contributed by atoms with Crippen molar-refractivity contribution in [1.29, 1.82) is 5.53 Å². The Labute approximate surface area is 39.5 Å². The summed E-state index contributed by atoms with van der Waals surface area (Å²) in [6.45, 7) is 0. The van der Waals surface area contributed by atoms with Crippen LogP contribution in [0, 0.1) is 5.53 Å². The van der Waals surface area contributed by atoms with Crippen molar-refractivity contribution in [3.8, 4) is 0 Å². The van der Waals surface area contributed by atoms with Gasteiger partial charge in [-0.05, 0) is 0 Å². The lowest BCUT2D eigenvalue weighted by molar-refractivity contribution is 0.208. The molecule has 0 bridgehead atoms. The van der Waals surface area contributed by atoms with E-state index in [0.29, 0.717) is 0 Å². The molecule has 0 fully saturated rings. The molecule has 0 aromatic heterocycles. The van der Waals surface area contributed by atoms with Crippen LogP contribution < -0.4 is 11.7 Å². The molecule has 0 heterocycles. The van der Waals surface area contributed by atoms with Gasteiger partial charge in [-0.15, -0.1) is 0 Å². The third-order valence-corrected chi connectivity index (χ3v) is 0.317. The van der Waals surface area contributed by atoms with Crippen LogP contribution >= 0.6 is 0 Å². The summed E-state index contributed by atoms with van der Waals surface area (Å²) in [5.74, 6) is 9.19. The average Bonchev–Trinajstić information content (AvgIpc) is 1.65. The number of urea groups is 1. The summed E-state index contributed by atoms with van der Waals surface area (Å²) in [4.78, 5) is 9.83. The van der Waals surface area contributed by atoms with Crippen molar-refractivity contribution in [2.75, 3.05) is 0 Å². The van der Waals surface area contributed by atoms with E-state index in [1.165, 1.54) is 0 Å². The zero-order valence-electron chi connectivity index (χ0n) is 3.46. The van der Waals surface area contributed by atoms with Crippen molar-refractivity contribution in [2.24, 2.45) is 16.8 Å². The van der Waals surface area contributed by atoms with Gasteiger partial charge in [-0.3, -0.25) is 0 Å². The molecule has 0 spiro atoms. The zero-order chi connectivity index (χ0) is 5.86. The monoisotopic (exact) mass is 103 g/mol. The molecule has 0 saturated carbocycles. The van der Waals surface area contributed by atoms with Crippen LogP contribution in [-0.4, -0.2) is 11.1 Å². The van der Waals surface area contributed by atoms with Crippen molar-refractivity contribution in [1.82, 2.24) is 5.12 Å². The van der Waals surface area contributed by atoms with Gasteiger partial charge in [-0.1, -0.05) is 5.11 Å². The van der Waals surface area contributed by atoms with Crippen LogP contribution in [-0.2, 0) is 0 Å². The van der Waals surface area contributed by atoms with Crippen LogP contribution in [0.4, 0.5) is 4.79 Å². The maximum atomic E-state index is 9.83. The van der Waals surface area contributed by atoms with Gasteiger partial charge >= 0.3 is 6.03 Å². The Morgan fingerprint density at radius 3 is 2.14 bits per heavy atom. The SMILES string of the molecule is N=NC(=O)N(N)N. The van der Waals surface area contributed by atoms with Crippen LogP contribution in [0.1, 0.15) is 0 Å². The van der Waals surface area contributed by atoms with E-state index in [-0.39, 0.29) is 5.12 Å². The first kappa shape index (κ1) is 5.99. The van der Waals surface area contributed by atoms with E-state index in [0.717, 1.165) is 0 Å². The third-order valence-electron chi connectivity index (χ3n) is 0.317. The van der Waals surface area contributed by atoms with Crippen molar-refractivity contribution in [2.45, 2.75) is 0 Å². The van der Waals surface area contributed by atoms with Gasteiger partial charge in [0.15, 0.2) is 0 Å². The molecule has 0 unspecified atom stereocenters. The summed E-state index contributed by atoms with van der Waals surface area (Å²) in [6.07, 6.45) is 0. The topological polar surface area (TPSA) is 109 Å². The Balaban J connectivity index is 3.56. The Kier molecular flexibility index (Phi) is 1.89. The van der Waals surface area contributed by atoms with Crippen LogP contribution in [0.25, 0.3) is 0 Å². The number of amides is 2. The maximum Gasteiger partial charge on any atom is 0.390 e. The van der Waals surface area contributed by atoms with Gasteiger partial charge in [-0.25, -0.2) is 16.5 Å². The van der Waals surface area contributed by atoms with Crippen molar-refractivity contribution >= 4 is 6.03 Å². The van der Waals surface area contributed by atoms with E-state index in [9.17, 15) is 4.79 Å². The predicted molar refractivity (Wildman–Crippen MR) is 20.8 cm³/mol. The summed E-state index contributed by atoms with van der Waals surface area (Å²) in [7, 11) is 0. The molecule has 5 N–H and O–H groups in total. The standard InChI is InChI=1S/CH5N5O/c2-5-1(7)6(3)4/h2H,3-4H2. The lowest BCUT2D eigenvalue weighted by Crippen LogP contribution is -2.41. The van der Waals surface area contributed by atoms with Gasteiger partial charge in [0.25, 0.3) is 0 Å². The lowest BCUT2D eigenvalue weighted by atomic mass is 11.1. The summed E-state index contributed by atoms with van der Waals surface area (Å²) >= 11 is 0. The molecule has 0 rings (SSSR count). The molecule has 0 aliphatic carbocycles. The highest BCUT2D eigenvalue weighted by Gasteiger charge is 1.97. The van der Waals surface area contributed by atoms with Gasteiger partial charge in [0.1, 0.15) is 0 Å². The largest absolute Gasteiger partial charge is 0.390 e. The highest BCUT2D eigenvalue weighted by Crippen LogP contribution is 1.72. The fraction of sp³-hybridized carbons (Fsp3) is 0. The summed E-state index contributed by atoms with van der Waals surface area (Å²) in [6, 6.07) is -0.972. The molecule has 40 valence electrons. The minimum absolute atomic E-state index is 0.229. The Morgan fingerprint density at radius 2 is 2.14 bits per heavy atom. The number of nitrogens with one attached hydrogen (secondary N) is 1. The molecule has 0 atom stereocenters. The van der Waals surface area contributed by atoms with Crippen molar-refractivity contribution in [3.05, 3.63) is 0 Å². The fourth-order valence-electron chi connectivity index (χ4n) is 0.0577. The van der Waals surface area contributed by atoms with Crippen LogP contribution in [0.2, 0.25) is 0 Å². The first-order valence-corrected chi connectivity index (χ1v) is 1.39. The predicted octanol–water partition coefficient (Wildman–Crippen LogP) is -0.813. The molecular weight excluding hydrogens is 98.0 g/mol. The van der Waals surface area contributed by atoms with Crippen LogP contribution in [0.3, 0.4) is 0 Å². The molecule has 2 amide bonds. The molecular formula is CH5N5O. The molecule has 7 heavy (non-hydrogen) atoms. The number of nitrogens with zero attached hydrogens (tertiary/aromatic N) is 2. The second-order valence-corrected chi connectivity index (χ2v) is 0.802. The smallest absolute Gasteiger partial charge is 0.241 e. The molecule has 0 saturated heterocycles. The molecule has 6 nitrogen and oxygen atoms in total. The second-order valence-electron chi connectivity index (χ2n) is 0.802. The number of carbonyl (C=O) groups excluding carboxylic acids is 1. The number of carbonyl (C=O) groups is 1. The zero-order valence-corrected chi connectivity index (χ0v) is 3.46. The number of hydrazine groups is 2. The average molecular weight is 103 g/mol. The summed E-state index contributed by atoms with van der Waals surface area (Å²) in [5, 5.41) is 2.60. The fourth-order valence-corrected chi connectivity index (χ4v) is 0.0577. The first-order valence-electron chi connectivity index (χ1n) is 1.39. The molecule has 0 aromatic carbocycles. The van der Waals surface area contributed by atoms with E-state index in [1.807, 2.05) is 0 Å². The van der Waals surface area contributed by atoms with Crippen molar-refractivity contribution in [3.63, 3.8) is 0 Å². The highest BCUT2D eigenvalue weighted by molar-refractivity contribution is 5.72. The van der Waals surface area contributed by atoms with Crippen LogP contribution in [0.5, 0.6) is 0 Å². The highest BCUT2D eigenvalue weighted by atomic mass is 16.2. The number of hydrogen-bond donors (Lipinski definition) is 3. The Bertz CT molecular complexity index is 86.1. The normalized spacial score (nSPS) is 7.71. The molecule has 0 aliphatic heterocycles.